The molecule has 142 valence electrons. The number of nitriles is 1. The number of benzene rings is 1. The summed E-state index contributed by atoms with van der Waals surface area (Å²) < 4.78 is 16.1. The van der Waals surface area contributed by atoms with Gasteiger partial charge in [-0.05, 0) is 44.4 Å². The molecule has 1 fully saturated rings. The standard InChI is InChI=1S/C20H20FN7/c1-12(27-23)9-24-11-19-26-18-10-25-17-5-2-13(8-22)6-16(17)20(18)28(19)15-4-3-14(21)7-15/h2,5-6,9-10,14-15,23-24H,3-4,7,11H2,1H3/b12-9-,27-23?. The lowest BCUT2D eigenvalue weighted by Crippen LogP contribution is -2.15. The summed E-state index contributed by atoms with van der Waals surface area (Å²) in [6, 6.07) is 7.59. The molecule has 0 aliphatic heterocycles. The van der Waals surface area contributed by atoms with Crippen molar-refractivity contribution in [1.29, 1.82) is 10.8 Å². The molecule has 0 bridgehead atoms. The first-order valence-corrected chi connectivity index (χ1v) is 9.22. The van der Waals surface area contributed by atoms with E-state index in [-0.39, 0.29) is 6.04 Å². The third-order valence-electron chi connectivity index (χ3n) is 5.17. The van der Waals surface area contributed by atoms with Crippen LogP contribution in [0.5, 0.6) is 0 Å². The number of imidazole rings is 1. The lowest BCUT2D eigenvalue weighted by atomic mass is 10.1. The van der Waals surface area contributed by atoms with Crippen LogP contribution in [0.15, 0.2) is 41.4 Å². The van der Waals surface area contributed by atoms with Gasteiger partial charge in [-0.25, -0.2) is 14.9 Å². The van der Waals surface area contributed by atoms with Crippen molar-refractivity contribution >= 4 is 21.9 Å². The fourth-order valence-corrected chi connectivity index (χ4v) is 3.87. The van der Waals surface area contributed by atoms with Gasteiger partial charge in [-0.1, -0.05) is 0 Å². The summed E-state index contributed by atoms with van der Waals surface area (Å²) in [7, 11) is 0. The van der Waals surface area contributed by atoms with Crippen LogP contribution in [0.4, 0.5) is 4.39 Å². The van der Waals surface area contributed by atoms with Gasteiger partial charge in [-0.3, -0.25) is 4.98 Å². The highest BCUT2D eigenvalue weighted by Crippen LogP contribution is 2.37. The van der Waals surface area contributed by atoms with Gasteiger partial charge in [0.15, 0.2) is 0 Å². The molecule has 28 heavy (non-hydrogen) atoms. The third kappa shape index (κ3) is 3.20. The molecule has 2 aromatic heterocycles. The Hall–Kier alpha value is -3.34. The molecule has 3 aromatic rings. The molecule has 2 heterocycles. The molecule has 1 aliphatic rings. The number of fused-ring (bicyclic) bond motifs is 3. The Balaban J connectivity index is 1.89. The maximum atomic E-state index is 14.0. The Bertz CT molecular complexity index is 1120. The molecule has 0 spiro atoms. The lowest BCUT2D eigenvalue weighted by molar-refractivity contribution is 0.330. The van der Waals surface area contributed by atoms with E-state index < -0.39 is 6.17 Å². The van der Waals surface area contributed by atoms with E-state index in [1.165, 1.54) is 0 Å². The second-order valence-electron chi connectivity index (χ2n) is 7.08. The lowest BCUT2D eigenvalue weighted by Gasteiger charge is -2.17. The average molecular weight is 377 g/mol. The van der Waals surface area contributed by atoms with Crippen LogP contribution in [0.25, 0.3) is 21.9 Å². The van der Waals surface area contributed by atoms with Crippen molar-refractivity contribution in [3.63, 3.8) is 0 Å². The van der Waals surface area contributed by atoms with Gasteiger partial charge in [0, 0.05) is 17.6 Å². The van der Waals surface area contributed by atoms with E-state index in [2.05, 4.69) is 26.1 Å². The van der Waals surface area contributed by atoms with Crippen LogP contribution in [0.1, 0.15) is 43.6 Å². The Kier molecular flexibility index (Phi) is 4.74. The number of rotatable bonds is 5. The Morgan fingerprint density at radius 3 is 3.04 bits per heavy atom. The van der Waals surface area contributed by atoms with Crippen molar-refractivity contribution in [2.24, 2.45) is 5.11 Å². The van der Waals surface area contributed by atoms with Crippen molar-refractivity contribution < 1.29 is 4.39 Å². The Morgan fingerprint density at radius 2 is 2.32 bits per heavy atom. The summed E-state index contributed by atoms with van der Waals surface area (Å²) in [6.45, 7) is 2.16. The minimum absolute atomic E-state index is 0.0130. The Labute approximate surface area is 161 Å². The van der Waals surface area contributed by atoms with E-state index in [0.29, 0.717) is 30.6 Å². The molecule has 2 unspecified atom stereocenters. The predicted octanol–water partition coefficient (Wildman–Crippen LogP) is 4.50. The van der Waals surface area contributed by atoms with Gasteiger partial charge >= 0.3 is 0 Å². The van der Waals surface area contributed by atoms with Gasteiger partial charge in [-0.2, -0.15) is 10.4 Å². The number of allylic oxidation sites excluding steroid dienone is 1. The quantitative estimate of drug-likeness (QED) is 0.639. The molecule has 1 aliphatic carbocycles. The van der Waals surface area contributed by atoms with Gasteiger partial charge in [0.05, 0.1) is 41.1 Å². The molecule has 0 saturated heterocycles. The van der Waals surface area contributed by atoms with Crippen molar-refractivity contribution in [3.8, 4) is 6.07 Å². The number of alkyl halides is 1. The fourth-order valence-electron chi connectivity index (χ4n) is 3.87. The number of hydrogen-bond acceptors (Lipinski definition) is 6. The normalized spacial score (nSPS) is 19.8. The molecule has 2 N–H and O–H groups in total. The van der Waals surface area contributed by atoms with E-state index in [0.717, 1.165) is 34.2 Å². The smallest absolute Gasteiger partial charge is 0.129 e. The van der Waals surface area contributed by atoms with E-state index in [4.69, 9.17) is 10.5 Å². The number of aromatic nitrogens is 3. The molecular weight excluding hydrogens is 357 g/mol. The molecule has 2 atom stereocenters. The van der Waals surface area contributed by atoms with E-state index in [1.807, 2.05) is 12.1 Å². The minimum atomic E-state index is -0.810. The zero-order valence-corrected chi connectivity index (χ0v) is 15.5. The molecule has 1 aromatic carbocycles. The summed E-state index contributed by atoms with van der Waals surface area (Å²) in [4.78, 5) is 9.21. The zero-order chi connectivity index (χ0) is 19.7. The Morgan fingerprint density at radius 1 is 1.46 bits per heavy atom. The van der Waals surface area contributed by atoms with Crippen molar-refractivity contribution in [1.82, 2.24) is 19.9 Å². The summed E-state index contributed by atoms with van der Waals surface area (Å²) in [5.74, 6) is 0.778. The summed E-state index contributed by atoms with van der Waals surface area (Å²) in [6.07, 6.45) is 4.32. The van der Waals surface area contributed by atoms with Gasteiger partial charge in [-0.15, -0.1) is 0 Å². The highest BCUT2D eigenvalue weighted by molar-refractivity contribution is 6.02. The minimum Gasteiger partial charge on any atom is -0.382 e. The number of nitrogens with one attached hydrogen (secondary N) is 2. The third-order valence-corrected chi connectivity index (χ3v) is 5.17. The van der Waals surface area contributed by atoms with Crippen LogP contribution in [-0.2, 0) is 6.54 Å². The molecule has 0 amide bonds. The first-order chi connectivity index (χ1) is 13.6. The monoisotopic (exact) mass is 377 g/mol. The van der Waals surface area contributed by atoms with E-state index in [1.54, 1.807) is 25.4 Å². The largest absolute Gasteiger partial charge is 0.382 e. The van der Waals surface area contributed by atoms with Crippen LogP contribution in [0.2, 0.25) is 0 Å². The maximum absolute atomic E-state index is 14.0. The van der Waals surface area contributed by atoms with Gasteiger partial charge < -0.3 is 9.88 Å². The van der Waals surface area contributed by atoms with Crippen molar-refractivity contribution in [3.05, 3.63) is 47.7 Å². The highest BCUT2D eigenvalue weighted by atomic mass is 19.1. The zero-order valence-electron chi connectivity index (χ0n) is 15.5. The SMILES string of the molecule is C/C(=C/NCc1nc2cnc3ccc(C#N)cc3c2n1C1CCC(F)C1)N=N. The average Bonchev–Trinajstić information content (AvgIpc) is 3.30. The maximum Gasteiger partial charge on any atom is 0.129 e. The van der Waals surface area contributed by atoms with E-state index in [9.17, 15) is 9.65 Å². The topological polar surface area (TPSA) is 103 Å². The van der Waals surface area contributed by atoms with Gasteiger partial charge in [0.1, 0.15) is 17.5 Å². The highest BCUT2D eigenvalue weighted by Gasteiger charge is 2.29. The summed E-state index contributed by atoms with van der Waals surface area (Å²) >= 11 is 0. The number of hydrogen-bond donors (Lipinski definition) is 2. The van der Waals surface area contributed by atoms with Crippen LogP contribution < -0.4 is 5.32 Å². The first kappa shape index (κ1) is 18.0. The van der Waals surface area contributed by atoms with Crippen molar-refractivity contribution in [2.75, 3.05) is 0 Å². The molecule has 7 nitrogen and oxygen atoms in total. The van der Waals surface area contributed by atoms with Crippen LogP contribution in [0.3, 0.4) is 0 Å². The van der Waals surface area contributed by atoms with Gasteiger partial charge in [0.2, 0.25) is 0 Å². The fraction of sp³-hybridized carbons (Fsp3) is 0.350. The predicted molar refractivity (Wildman–Crippen MR) is 103 cm³/mol. The number of halogens is 1. The van der Waals surface area contributed by atoms with E-state index >= 15 is 0 Å². The molecule has 8 heteroatoms. The molecule has 1 saturated carbocycles. The number of pyridine rings is 1. The second-order valence-corrected chi connectivity index (χ2v) is 7.08. The summed E-state index contributed by atoms with van der Waals surface area (Å²) in [5, 5.41) is 16.6. The second kappa shape index (κ2) is 7.35. The first-order valence-electron chi connectivity index (χ1n) is 9.22. The number of nitrogens with zero attached hydrogens (tertiary/aromatic N) is 5. The van der Waals surface area contributed by atoms with Crippen LogP contribution in [0, 0.1) is 16.9 Å². The van der Waals surface area contributed by atoms with Crippen molar-refractivity contribution in [2.45, 2.75) is 44.9 Å². The molecule has 0 radical (unpaired) electrons. The van der Waals surface area contributed by atoms with Crippen LogP contribution in [-0.4, -0.2) is 20.7 Å². The molecular formula is C20H20FN7. The summed E-state index contributed by atoms with van der Waals surface area (Å²) in [5.41, 5.74) is 10.5. The van der Waals surface area contributed by atoms with Gasteiger partial charge in [0.25, 0.3) is 0 Å². The molecule has 4 rings (SSSR count). The van der Waals surface area contributed by atoms with Crippen LogP contribution >= 0.6 is 0 Å².